The Bertz CT molecular complexity index is 965. The lowest BCUT2D eigenvalue weighted by Gasteiger charge is -2.11. The third kappa shape index (κ3) is 3.45. The molecule has 0 aliphatic heterocycles. The lowest BCUT2D eigenvalue weighted by molar-refractivity contribution is 0.0686. The van der Waals surface area contributed by atoms with Crippen LogP contribution in [0.15, 0.2) is 61.2 Å². The molecule has 7 heteroatoms. The van der Waals surface area contributed by atoms with Crippen LogP contribution in [0.4, 0.5) is 0 Å². The fourth-order valence-electron chi connectivity index (χ4n) is 2.48. The molecule has 0 unspecified atom stereocenters. The normalized spacial score (nSPS) is 10.5. The summed E-state index contributed by atoms with van der Waals surface area (Å²) in [4.78, 5) is 11.7. The second kappa shape index (κ2) is 7.64. The number of nitrogens with zero attached hydrogens (tertiary/aromatic N) is 2. The van der Waals surface area contributed by atoms with Crippen LogP contribution in [-0.2, 0) is 0 Å². The molecular weight excluding hydrogens is 375 g/mol. The largest absolute Gasteiger partial charge is 0.485 e. The first-order valence-electron chi connectivity index (χ1n) is 7.63. The Kier molecular flexibility index (Phi) is 5.30. The number of para-hydroxylation sites is 1. The maximum Gasteiger partial charge on any atom is 0.360 e. The number of carbonyl (C=O) groups is 1. The number of benzene rings is 2. The van der Waals surface area contributed by atoms with Crippen molar-refractivity contribution in [1.29, 1.82) is 0 Å². The molecule has 0 fully saturated rings. The Balaban J connectivity index is 2.32. The van der Waals surface area contributed by atoms with E-state index >= 15 is 0 Å². The van der Waals surface area contributed by atoms with E-state index < -0.39 is 5.97 Å². The molecule has 2 aromatic carbocycles. The molecule has 3 aromatic rings. The van der Waals surface area contributed by atoms with E-state index in [0.29, 0.717) is 27.0 Å². The molecule has 1 N–H and O–H groups in total. The molecule has 26 heavy (non-hydrogen) atoms. The van der Waals surface area contributed by atoms with Crippen molar-refractivity contribution in [1.82, 2.24) is 9.78 Å². The summed E-state index contributed by atoms with van der Waals surface area (Å²) in [5.41, 5.74) is 1.48. The zero-order valence-corrected chi connectivity index (χ0v) is 15.0. The molecule has 1 heterocycles. The summed E-state index contributed by atoms with van der Waals surface area (Å²) in [6.07, 6.45) is 1.53. The highest BCUT2D eigenvalue weighted by Gasteiger charge is 2.26. The highest BCUT2D eigenvalue weighted by molar-refractivity contribution is 6.32. The first-order valence-corrected chi connectivity index (χ1v) is 8.39. The van der Waals surface area contributed by atoms with Crippen molar-refractivity contribution in [2.24, 2.45) is 0 Å². The van der Waals surface area contributed by atoms with Gasteiger partial charge < -0.3 is 9.84 Å². The molecule has 0 aliphatic carbocycles. The van der Waals surface area contributed by atoms with Gasteiger partial charge in [-0.1, -0.05) is 60.1 Å². The highest BCUT2D eigenvalue weighted by atomic mass is 35.5. The third-order valence-corrected chi connectivity index (χ3v) is 4.16. The minimum atomic E-state index is -1.20. The van der Waals surface area contributed by atoms with Crippen molar-refractivity contribution in [2.45, 2.75) is 0 Å². The zero-order valence-electron chi connectivity index (χ0n) is 13.5. The average Bonchev–Trinajstić information content (AvgIpc) is 3.00. The first-order chi connectivity index (χ1) is 12.5. The van der Waals surface area contributed by atoms with Gasteiger partial charge in [-0.15, -0.1) is 0 Å². The molecule has 0 atom stereocenters. The Morgan fingerprint density at radius 3 is 2.50 bits per heavy atom. The summed E-state index contributed by atoms with van der Waals surface area (Å²) >= 11 is 12.3. The maximum atomic E-state index is 11.7. The molecular formula is C19H14Cl2N2O3. The number of hydrogen-bond acceptors (Lipinski definition) is 3. The number of halogens is 2. The minimum absolute atomic E-state index is 0.134. The van der Waals surface area contributed by atoms with Crippen LogP contribution in [0.3, 0.4) is 0 Å². The van der Waals surface area contributed by atoms with Crippen LogP contribution in [0.5, 0.6) is 5.75 Å². The summed E-state index contributed by atoms with van der Waals surface area (Å²) in [5.74, 6) is -1.07. The van der Waals surface area contributed by atoms with Gasteiger partial charge >= 0.3 is 5.97 Å². The van der Waals surface area contributed by atoms with Crippen molar-refractivity contribution < 1.29 is 14.6 Å². The van der Waals surface area contributed by atoms with Gasteiger partial charge in [-0.25, -0.2) is 9.48 Å². The molecule has 5 nitrogen and oxygen atoms in total. The predicted molar refractivity (Wildman–Crippen MR) is 102 cm³/mol. The van der Waals surface area contributed by atoms with Crippen molar-refractivity contribution in [3.63, 3.8) is 0 Å². The number of hydrogen-bond donors (Lipinski definition) is 1. The van der Waals surface area contributed by atoms with Crippen LogP contribution >= 0.6 is 23.2 Å². The highest BCUT2D eigenvalue weighted by Crippen LogP contribution is 2.37. The van der Waals surface area contributed by atoms with Crippen LogP contribution in [0.1, 0.15) is 10.5 Å². The third-order valence-electron chi connectivity index (χ3n) is 3.59. The quantitative estimate of drug-likeness (QED) is 0.595. The van der Waals surface area contributed by atoms with Gasteiger partial charge in [-0.05, 0) is 24.3 Å². The van der Waals surface area contributed by atoms with Gasteiger partial charge in [-0.2, -0.15) is 5.10 Å². The maximum absolute atomic E-state index is 11.7. The van der Waals surface area contributed by atoms with Crippen LogP contribution in [0, 0.1) is 0 Å². The van der Waals surface area contributed by atoms with Gasteiger partial charge in [0.2, 0.25) is 5.69 Å². The number of rotatable bonds is 6. The van der Waals surface area contributed by atoms with Crippen LogP contribution in [0.25, 0.3) is 16.9 Å². The predicted octanol–water partition coefficient (Wildman–Crippen LogP) is 5.11. The molecule has 0 aliphatic rings. The zero-order chi connectivity index (χ0) is 18.7. The Morgan fingerprint density at radius 1 is 1.19 bits per heavy atom. The fraction of sp³-hybridized carbons (Fsp3) is 0.0526. The molecule has 0 spiro atoms. The minimum Gasteiger partial charge on any atom is -0.485 e. The second-order valence-corrected chi connectivity index (χ2v) is 6.14. The number of aromatic carboxylic acids is 1. The Labute approximate surface area is 160 Å². The number of carboxylic acids is 1. The van der Waals surface area contributed by atoms with E-state index in [1.807, 2.05) is 0 Å². The summed E-state index contributed by atoms with van der Waals surface area (Å²) in [5, 5.41) is 14.8. The number of aromatic nitrogens is 2. The molecule has 3 rings (SSSR count). The van der Waals surface area contributed by atoms with E-state index in [2.05, 4.69) is 11.7 Å². The standard InChI is InChI=1S/C19H14Cl2N2O3/c1-2-11-26-18-16(19(24)25)22-23(15-6-4-3-5-14(15)21)17(18)12-7-9-13(20)10-8-12/h2-10H,1,11H2,(H,24,25). The van der Waals surface area contributed by atoms with E-state index in [1.54, 1.807) is 48.5 Å². The van der Waals surface area contributed by atoms with E-state index in [1.165, 1.54) is 10.8 Å². The van der Waals surface area contributed by atoms with E-state index in [9.17, 15) is 9.90 Å². The van der Waals surface area contributed by atoms with Crippen molar-refractivity contribution >= 4 is 29.2 Å². The summed E-state index contributed by atoms with van der Waals surface area (Å²) in [7, 11) is 0. The molecule has 0 bridgehead atoms. The SMILES string of the molecule is C=CCOc1c(C(=O)O)nn(-c2ccccc2Cl)c1-c1ccc(Cl)cc1. The molecule has 0 radical (unpaired) electrons. The van der Waals surface area contributed by atoms with Gasteiger partial charge in [-0.3, -0.25) is 0 Å². The second-order valence-electron chi connectivity index (χ2n) is 5.30. The first kappa shape index (κ1) is 18.0. The molecule has 0 amide bonds. The Hall–Kier alpha value is -2.76. The van der Waals surface area contributed by atoms with E-state index in [0.717, 1.165) is 0 Å². The van der Waals surface area contributed by atoms with E-state index in [4.69, 9.17) is 27.9 Å². The van der Waals surface area contributed by atoms with Crippen LogP contribution < -0.4 is 4.74 Å². The molecule has 1 aromatic heterocycles. The van der Waals surface area contributed by atoms with Gasteiger partial charge in [0.15, 0.2) is 5.75 Å². The van der Waals surface area contributed by atoms with Crippen LogP contribution in [0.2, 0.25) is 10.0 Å². The summed E-state index contributed by atoms with van der Waals surface area (Å²) in [6.45, 7) is 3.74. The van der Waals surface area contributed by atoms with Gasteiger partial charge in [0.25, 0.3) is 0 Å². The lowest BCUT2D eigenvalue weighted by Crippen LogP contribution is -2.03. The summed E-state index contributed by atoms with van der Waals surface area (Å²) in [6, 6.07) is 14.0. The topological polar surface area (TPSA) is 64.3 Å². The monoisotopic (exact) mass is 388 g/mol. The van der Waals surface area contributed by atoms with Crippen molar-refractivity contribution in [3.8, 4) is 22.7 Å². The van der Waals surface area contributed by atoms with Gasteiger partial charge in [0.05, 0.1) is 10.7 Å². The van der Waals surface area contributed by atoms with Gasteiger partial charge in [0, 0.05) is 10.6 Å². The van der Waals surface area contributed by atoms with Crippen molar-refractivity contribution in [3.05, 3.63) is 76.9 Å². The van der Waals surface area contributed by atoms with E-state index in [-0.39, 0.29) is 18.1 Å². The molecule has 132 valence electrons. The smallest absolute Gasteiger partial charge is 0.360 e. The molecule has 0 saturated heterocycles. The number of carboxylic acid groups (broad SMARTS) is 1. The lowest BCUT2D eigenvalue weighted by atomic mass is 10.1. The Morgan fingerprint density at radius 2 is 1.88 bits per heavy atom. The number of ether oxygens (including phenoxy) is 1. The van der Waals surface area contributed by atoms with Crippen molar-refractivity contribution in [2.75, 3.05) is 6.61 Å². The van der Waals surface area contributed by atoms with Gasteiger partial charge in [0.1, 0.15) is 12.3 Å². The summed E-state index contributed by atoms with van der Waals surface area (Å²) < 4.78 is 7.11. The van der Waals surface area contributed by atoms with Crippen LogP contribution in [-0.4, -0.2) is 27.5 Å². The molecule has 0 saturated carbocycles. The fourth-order valence-corrected chi connectivity index (χ4v) is 2.82. The average molecular weight is 389 g/mol.